The van der Waals surface area contributed by atoms with Crippen molar-refractivity contribution in [3.05, 3.63) is 30.1 Å². The van der Waals surface area contributed by atoms with Gasteiger partial charge in [0.15, 0.2) is 23.1 Å². The van der Waals surface area contributed by atoms with Gasteiger partial charge < -0.3 is 30.3 Å². The van der Waals surface area contributed by atoms with Crippen LogP contribution >= 0.6 is 0 Å². The highest BCUT2D eigenvalue weighted by atomic mass is 16.5. The van der Waals surface area contributed by atoms with Crippen LogP contribution in [0, 0.1) is 0 Å². The SMILES string of the molecule is CCN1CCN(c2ncnc(NCCc3ccc(OC)c(OC)c3)c2N)CC1. The van der Waals surface area contributed by atoms with E-state index < -0.39 is 0 Å². The number of benzene rings is 1. The van der Waals surface area contributed by atoms with Crippen molar-refractivity contribution in [1.82, 2.24) is 14.9 Å². The summed E-state index contributed by atoms with van der Waals surface area (Å²) in [4.78, 5) is 13.4. The van der Waals surface area contributed by atoms with Crippen LogP contribution in [0.5, 0.6) is 11.5 Å². The van der Waals surface area contributed by atoms with Gasteiger partial charge in [-0.3, -0.25) is 0 Å². The van der Waals surface area contributed by atoms with Gasteiger partial charge in [0.1, 0.15) is 12.0 Å². The average molecular weight is 387 g/mol. The van der Waals surface area contributed by atoms with Gasteiger partial charge in [0, 0.05) is 32.7 Å². The molecule has 3 rings (SSSR count). The molecule has 1 aromatic carbocycles. The number of anilines is 3. The number of piperazine rings is 1. The van der Waals surface area contributed by atoms with E-state index in [-0.39, 0.29) is 0 Å². The number of nitrogen functional groups attached to an aromatic ring is 1. The smallest absolute Gasteiger partial charge is 0.160 e. The highest BCUT2D eigenvalue weighted by Gasteiger charge is 2.20. The topological polar surface area (TPSA) is 88.8 Å². The molecule has 1 fully saturated rings. The number of nitrogens with one attached hydrogen (secondary N) is 1. The summed E-state index contributed by atoms with van der Waals surface area (Å²) in [6.07, 6.45) is 2.39. The van der Waals surface area contributed by atoms with Crippen molar-refractivity contribution in [3.8, 4) is 11.5 Å². The highest BCUT2D eigenvalue weighted by molar-refractivity contribution is 5.75. The van der Waals surface area contributed by atoms with Gasteiger partial charge in [-0.25, -0.2) is 9.97 Å². The van der Waals surface area contributed by atoms with E-state index in [1.807, 2.05) is 18.2 Å². The van der Waals surface area contributed by atoms with Crippen LogP contribution in [0.1, 0.15) is 12.5 Å². The first-order valence-corrected chi connectivity index (χ1v) is 9.68. The zero-order chi connectivity index (χ0) is 19.9. The van der Waals surface area contributed by atoms with Gasteiger partial charge in [-0.15, -0.1) is 0 Å². The molecule has 28 heavy (non-hydrogen) atoms. The van der Waals surface area contributed by atoms with Crippen LogP contribution in [-0.2, 0) is 6.42 Å². The van der Waals surface area contributed by atoms with E-state index in [0.717, 1.165) is 62.0 Å². The van der Waals surface area contributed by atoms with Gasteiger partial charge in [0.25, 0.3) is 0 Å². The van der Waals surface area contributed by atoms with Crippen LogP contribution in [-0.4, -0.2) is 68.4 Å². The monoisotopic (exact) mass is 386 g/mol. The van der Waals surface area contributed by atoms with E-state index in [1.165, 1.54) is 0 Å². The Morgan fingerprint density at radius 1 is 1.07 bits per heavy atom. The Hall–Kier alpha value is -2.74. The molecule has 0 spiro atoms. The van der Waals surface area contributed by atoms with Crippen LogP contribution in [0.3, 0.4) is 0 Å². The van der Waals surface area contributed by atoms with Crippen LogP contribution in [0.25, 0.3) is 0 Å². The largest absolute Gasteiger partial charge is 0.493 e. The van der Waals surface area contributed by atoms with E-state index in [9.17, 15) is 0 Å². The first-order chi connectivity index (χ1) is 13.7. The summed E-state index contributed by atoms with van der Waals surface area (Å²) in [5.41, 5.74) is 8.12. The quantitative estimate of drug-likeness (QED) is 0.711. The minimum absolute atomic E-state index is 0.611. The van der Waals surface area contributed by atoms with Gasteiger partial charge in [0.05, 0.1) is 14.2 Å². The van der Waals surface area contributed by atoms with E-state index in [4.69, 9.17) is 15.2 Å². The second-order valence-corrected chi connectivity index (χ2v) is 6.75. The zero-order valence-corrected chi connectivity index (χ0v) is 16.9. The molecular formula is C20H30N6O2. The fourth-order valence-electron chi connectivity index (χ4n) is 3.42. The lowest BCUT2D eigenvalue weighted by atomic mass is 10.1. The molecule has 0 aliphatic carbocycles. The maximum Gasteiger partial charge on any atom is 0.160 e. The van der Waals surface area contributed by atoms with Gasteiger partial charge in [0.2, 0.25) is 0 Å². The average Bonchev–Trinajstić information content (AvgIpc) is 2.75. The Morgan fingerprint density at radius 3 is 2.50 bits per heavy atom. The summed E-state index contributed by atoms with van der Waals surface area (Å²) < 4.78 is 10.6. The molecule has 8 nitrogen and oxygen atoms in total. The lowest BCUT2D eigenvalue weighted by molar-refractivity contribution is 0.270. The fraction of sp³-hybridized carbons (Fsp3) is 0.500. The van der Waals surface area contributed by atoms with Crippen LogP contribution in [0.15, 0.2) is 24.5 Å². The summed E-state index contributed by atoms with van der Waals surface area (Å²) in [5, 5.41) is 3.34. The van der Waals surface area contributed by atoms with E-state index in [1.54, 1.807) is 20.5 Å². The van der Waals surface area contributed by atoms with Gasteiger partial charge in [-0.2, -0.15) is 0 Å². The maximum absolute atomic E-state index is 6.37. The van der Waals surface area contributed by atoms with Gasteiger partial charge in [-0.1, -0.05) is 13.0 Å². The molecule has 1 aromatic heterocycles. The highest BCUT2D eigenvalue weighted by Crippen LogP contribution is 2.29. The summed E-state index contributed by atoms with van der Waals surface area (Å²) in [5.74, 6) is 2.96. The van der Waals surface area contributed by atoms with Crippen molar-refractivity contribution in [1.29, 1.82) is 0 Å². The number of ether oxygens (including phenoxy) is 2. The second kappa shape index (κ2) is 9.45. The number of hydrogen-bond acceptors (Lipinski definition) is 8. The normalized spacial score (nSPS) is 14.8. The van der Waals surface area contributed by atoms with Crippen molar-refractivity contribution >= 4 is 17.3 Å². The molecule has 3 N–H and O–H groups in total. The fourth-order valence-corrected chi connectivity index (χ4v) is 3.42. The van der Waals surface area contributed by atoms with Crippen molar-refractivity contribution < 1.29 is 9.47 Å². The first kappa shape index (κ1) is 20.0. The Balaban J connectivity index is 1.61. The minimum Gasteiger partial charge on any atom is -0.493 e. The molecule has 2 aromatic rings. The molecule has 0 amide bonds. The van der Waals surface area contributed by atoms with Crippen LogP contribution < -0.4 is 25.4 Å². The zero-order valence-electron chi connectivity index (χ0n) is 16.9. The number of hydrogen-bond donors (Lipinski definition) is 2. The summed E-state index contributed by atoms with van der Waals surface area (Å²) in [6.45, 7) is 7.90. The van der Waals surface area contributed by atoms with E-state index in [0.29, 0.717) is 18.1 Å². The number of likely N-dealkylation sites (N-methyl/N-ethyl adjacent to an activating group) is 1. The molecule has 152 valence electrons. The van der Waals surface area contributed by atoms with Crippen molar-refractivity contribution in [3.63, 3.8) is 0 Å². The number of nitrogens with zero attached hydrogens (tertiary/aromatic N) is 4. The van der Waals surface area contributed by atoms with Crippen molar-refractivity contribution in [2.45, 2.75) is 13.3 Å². The summed E-state index contributed by atoms with van der Waals surface area (Å²) >= 11 is 0. The standard InChI is InChI=1S/C20H30N6O2/c1-4-25-9-11-26(12-10-25)20-18(21)19(23-14-24-20)22-8-7-15-5-6-16(27-2)17(13-15)28-3/h5-6,13-14H,4,7-12,21H2,1-3H3,(H,22,23,24). The molecule has 1 saturated heterocycles. The first-order valence-electron chi connectivity index (χ1n) is 9.68. The van der Waals surface area contributed by atoms with Crippen molar-refractivity contribution in [2.24, 2.45) is 0 Å². The number of nitrogens with two attached hydrogens (primary N) is 1. The third-order valence-corrected chi connectivity index (χ3v) is 5.14. The number of rotatable bonds is 8. The lowest BCUT2D eigenvalue weighted by Crippen LogP contribution is -2.46. The Bertz CT molecular complexity index is 777. The molecule has 0 bridgehead atoms. The Labute approximate surface area is 166 Å². The summed E-state index contributed by atoms with van der Waals surface area (Å²) in [6, 6.07) is 5.94. The lowest BCUT2D eigenvalue weighted by Gasteiger charge is -2.35. The molecule has 0 unspecified atom stereocenters. The van der Waals surface area contributed by atoms with Crippen LogP contribution in [0.2, 0.25) is 0 Å². The molecule has 1 aliphatic rings. The predicted octanol–water partition coefficient (Wildman–Crippen LogP) is 1.87. The number of aromatic nitrogens is 2. The van der Waals surface area contributed by atoms with E-state index >= 15 is 0 Å². The van der Waals surface area contributed by atoms with Crippen LogP contribution in [0.4, 0.5) is 17.3 Å². The van der Waals surface area contributed by atoms with Gasteiger partial charge >= 0.3 is 0 Å². The summed E-state index contributed by atoms with van der Waals surface area (Å²) in [7, 11) is 3.28. The van der Waals surface area contributed by atoms with Gasteiger partial charge in [-0.05, 0) is 30.7 Å². The molecule has 2 heterocycles. The minimum atomic E-state index is 0.611. The third-order valence-electron chi connectivity index (χ3n) is 5.14. The van der Waals surface area contributed by atoms with Crippen molar-refractivity contribution in [2.75, 3.05) is 69.4 Å². The third kappa shape index (κ3) is 4.56. The maximum atomic E-state index is 6.37. The molecule has 0 radical (unpaired) electrons. The molecule has 1 aliphatic heterocycles. The molecule has 0 atom stereocenters. The molecule has 0 saturated carbocycles. The predicted molar refractivity (Wildman–Crippen MR) is 113 cm³/mol. The Kier molecular flexibility index (Phi) is 6.76. The Morgan fingerprint density at radius 2 is 1.82 bits per heavy atom. The molecular weight excluding hydrogens is 356 g/mol. The second-order valence-electron chi connectivity index (χ2n) is 6.75. The number of methoxy groups -OCH3 is 2. The molecule has 8 heteroatoms. The van der Waals surface area contributed by atoms with E-state index in [2.05, 4.69) is 32.0 Å².